The van der Waals surface area contributed by atoms with Crippen molar-refractivity contribution < 1.29 is 147 Å². The summed E-state index contributed by atoms with van der Waals surface area (Å²) in [5, 5.41) is 70.1. The molecule has 0 radical (unpaired) electrons. The molecule has 56 nitrogen and oxygen atoms in total. The highest BCUT2D eigenvalue weighted by molar-refractivity contribution is 9.11. The van der Waals surface area contributed by atoms with Gasteiger partial charge in [-0.1, -0.05) is 0 Å². The van der Waals surface area contributed by atoms with Crippen molar-refractivity contribution in [2.75, 3.05) is 61.7 Å². The van der Waals surface area contributed by atoms with E-state index in [1.165, 1.54) is 4.57 Å². The van der Waals surface area contributed by atoms with Crippen LogP contribution in [0, 0.1) is 0 Å². The zero-order valence-corrected chi connectivity index (χ0v) is 69.5. The van der Waals surface area contributed by atoms with Crippen LogP contribution in [0.2, 0.25) is 0 Å². The van der Waals surface area contributed by atoms with E-state index in [0.717, 1.165) is 49.9 Å². The van der Waals surface area contributed by atoms with E-state index < -0.39 is 195 Å². The molecule has 10 aromatic rings. The number of nitrogens with two attached hydrogens (primary N) is 5. The summed E-state index contributed by atoms with van der Waals surface area (Å²) in [4.78, 5) is 127. The normalized spacial score (nSPS) is 30.7. The summed E-state index contributed by atoms with van der Waals surface area (Å²) in [5.74, 6) is -0.816. The lowest BCUT2D eigenvalue weighted by molar-refractivity contribution is -0.0671. The fourth-order valence-corrected chi connectivity index (χ4v) is 19.8. The predicted molar refractivity (Wildman–Crippen MR) is 393 cm³/mol. The molecule has 4 unspecified atom stereocenters. The van der Waals surface area contributed by atoms with Gasteiger partial charge >= 0.3 is 39.1 Å². The molecule has 22 N–H and O–H groups in total. The van der Waals surface area contributed by atoms with Crippen molar-refractivity contribution in [3.63, 3.8) is 0 Å². The largest absolute Gasteiger partial charge is 0.472 e. The number of rotatable bonds is 28. The van der Waals surface area contributed by atoms with Crippen molar-refractivity contribution >= 4 is 204 Å². The van der Waals surface area contributed by atoms with Crippen LogP contribution < -0.4 is 28.7 Å². The Bertz CT molecular complexity index is 5710. The quantitative estimate of drug-likeness (QED) is 0.0200. The van der Waals surface area contributed by atoms with E-state index in [0.29, 0.717) is 0 Å². The minimum Gasteiger partial charge on any atom is -0.387 e. The molecule has 0 aromatic carbocycles. The Labute approximate surface area is 683 Å². The van der Waals surface area contributed by atoms with Crippen molar-refractivity contribution in [2.24, 2.45) is 0 Å². The molecule has 15 rings (SSSR count). The van der Waals surface area contributed by atoms with E-state index in [9.17, 15) is 82.8 Å². The standard InChI is InChI=1S/C50H57Br5N25O31P5/c51-46-71-16-31(56)61-6-66-36(16)76(46)41-26(86)21(81)11(103-41)2-99-113(90,91)109-28-23(83)13(105-43(28)78-38-18(73-48(78)53)33(58)63-8-68-38)4-101-115(94,95)111-30-25(85)15(107-45(30)80-40-20(75-50(80)55)35(60)65-10-70-40)5-102-116(96,97)110-29-24(84)14(106-44(29)79-39-19(74-49(79)54)34(59)64-9-69-39)3-100-114(92,93)108-27-22(82)12(1-98-112(87,88)89)104-42(27)77-37-17(72-47(77)52)32(57)62-7-67-37/h6-15,21-30,41-45,81-86H,1-5H2,(H,90,91)(H,92,93)(H,94,95)(H,96,97)(H2,56,61,66)(H2,57,62,67)(H2,58,63,68)(H2,59,64,69)(H2,60,65,70)(H2,87,88,89)/t11-,12-,13-,14-,15-,21-,22-,23-,24-,25-,26-,27-,28-,29-,30-,41-,42-,43-,44-,45-/m0/s1. The van der Waals surface area contributed by atoms with Crippen molar-refractivity contribution in [1.82, 2.24) is 97.6 Å². The second-order valence-electron chi connectivity index (χ2n) is 25.3. The monoisotopic (exact) mass is 2050 g/mol. The Hall–Kier alpha value is -5.74. The molecule has 628 valence electrons. The number of nitrogens with zero attached hydrogens (tertiary/aromatic N) is 20. The number of aliphatic hydroxyl groups excluding tert-OH is 6. The van der Waals surface area contributed by atoms with Crippen LogP contribution in [-0.2, 0) is 87.2 Å². The van der Waals surface area contributed by atoms with Crippen molar-refractivity contribution in [3.8, 4) is 0 Å². The number of halogens is 5. The molecule has 0 aliphatic carbocycles. The fourth-order valence-electron chi connectivity index (χ4n) is 13.0. The maximum absolute atomic E-state index is 14.5. The average Bonchev–Trinajstić information content (AvgIpc) is 1.63. The number of hydrogen-bond donors (Lipinski definition) is 17. The summed E-state index contributed by atoms with van der Waals surface area (Å²) < 4.78 is 152. The van der Waals surface area contributed by atoms with Crippen LogP contribution in [0.3, 0.4) is 0 Å². The number of fused-ring (bicyclic) bond motifs is 5. The van der Waals surface area contributed by atoms with E-state index in [1.807, 2.05) is 0 Å². The summed E-state index contributed by atoms with van der Waals surface area (Å²) in [5.41, 5.74) is 29.5. The number of anilines is 5. The summed E-state index contributed by atoms with van der Waals surface area (Å²) in [6.45, 7) is -5.70. The second-order valence-corrected chi connectivity index (χ2v) is 35.7. The minimum absolute atomic E-state index is 0.0265. The van der Waals surface area contributed by atoms with Crippen LogP contribution in [0.1, 0.15) is 31.1 Å². The highest BCUT2D eigenvalue weighted by Gasteiger charge is 2.58. The molecular weight excluding hydrogens is 2000 g/mol. The first-order valence-corrected chi connectivity index (χ1v) is 44.0. The predicted octanol–water partition coefficient (Wildman–Crippen LogP) is -1.32. The lowest BCUT2D eigenvalue weighted by atomic mass is 10.1. The lowest BCUT2D eigenvalue weighted by Crippen LogP contribution is -2.37. The SMILES string of the molecule is Nc1ncnc2c1nc(Br)n2[C@H]1O[C@@H](COP(=O)(O)O[C@H]2[C@@H](O)[C@H](COP(=O)(O)O[C@H]3[C@@H](O)[C@H](COP(=O)(O)O[C@H]4[C@@H](O)[C@H](COP(=O)(O)O[C@H]5[C@@H](O)[C@H](COP(=O)(O)O)O[C@@H]5n5c(Br)nc6c(N)ncnc65)O[C@@H]4n4c(Br)nc5c(N)ncnc54)O[C@@H]3n3c(Br)nc4c(N)ncnc43)O[C@@H]2n2c(Br)nc3c(N)ncnc32)[C@H](O)[C@@H]1O. The Morgan fingerprint density at radius 2 is 0.509 bits per heavy atom. The minimum atomic E-state index is -5.80. The Kier molecular flexibility index (Phi) is 23.9. The molecule has 5 aliphatic heterocycles. The number of phosphoric ester groups is 5. The van der Waals surface area contributed by atoms with Crippen molar-refractivity contribution in [2.45, 2.75) is 123 Å². The van der Waals surface area contributed by atoms with Crippen molar-refractivity contribution in [3.05, 3.63) is 55.3 Å². The Morgan fingerprint density at radius 1 is 0.310 bits per heavy atom. The molecule has 0 spiro atoms. The summed E-state index contributed by atoms with van der Waals surface area (Å²) in [6.07, 6.45) is -33.8. The van der Waals surface area contributed by atoms with Crippen LogP contribution in [0.4, 0.5) is 29.1 Å². The molecule has 24 atom stereocenters. The number of imidazole rings is 5. The van der Waals surface area contributed by atoms with E-state index >= 15 is 0 Å². The van der Waals surface area contributed by atoms with Gasteiger partial charge in [-0.25, -0.2) is 97.6 Å². The van der Waals surface area contributed by atoms with Gasteiger partial charge in [0, 0.05) is 0 Å². The van der Waals surface area contributed by atoms with Gasteiger partial charge in [0.25, 0.3) is 0 Å². The van der Waals surface area contributed by atoms with Gasteiger partial charge in [-0.3, -0.25) is 63.5 Å². The Morgan fingerprint density at radius 3 is 0.733 bits per heavy atom. The van der Waals surface area contributed by atoms with Crippen molar-refractivity contribution in [1.29, 1.82) is 0 Å². The number of phosphoric acid groups is 5. The second kappa shape index (κ2) is 32.6. The van der Waals surface area contributed by atoms with E-state index in [-0.39, 0.29) is 109 Å². The molecule has 15 heterocycles. The molecule has 0 amide bonds. The number of hydrogen-bond acceptors (Lipinski definition) is 45. The summed E-state index contributed by atoms with van der Waals surface area (Å²) in [7, 11) is -28.0. The van der Waals surface area contributed by atoms with Gasteiger partial charge < -0.3 is 112 Å². The molecule has 5 fully saturated rings. The van der Waals surface area contributed by atoms with Gasteiger partial charge in [0.2, 0.25) is 0 Å². The molecule has 66 heteroatoms. The third-order valence-corrected chi connectivity index (χ3v) is 25.4. The van der Waals surface area contributed by atoms with Gasteiger partial charge in [0.15, 0.2) is 140 Å². The first-order chi connectivity index (χ1) is 54.7. The van der Waals surface area contributed by atoms with Gasteiger partial charge in [0.05, 0.1) is 33.0 Å². The van der Waals surface area contributed by atoms with Gasteiger partial charge in [-0.05, 0) is 79.6 Å². The van der Waals surface area contributed by atoms with Gasteiger partial charge in [0.1, 0.15) is 123 Å². The highest BCUT2D eigenvalue weighted by atomic mass is 79.9. The molecule has 5 saturated heterocycles. The maximum Gasteiger partial charge on any atom is 0.472 e. The lowest BCUT2D eigenvalue weighted by Gasteiger charge is -2.26. The number of aliphatic hydroxyl groups is 6. The van der Waals surface area contributed by atoms with Gasteiger partial charge in [-0.2, -0.15) is 0 Å². The number of aromatic nitrogens is 20. The maximum atomic E-state index is 14.5. The van der Waals surface area contributed by atoms with Crippen LogP contribution in [0.25, 0.3) is 55.8 Å². The van der Waals surface area contributed by atoms with E-state index in [1.54, 1.807) is 0 Å². The number of nitrogen functional groups attached to an aromatic ring is 5. The highest BCUT2D eigenvalue weighted by Crippen LogP contribution is 2.57. The zero-order chi connectivity index (χ0) is 83.1. The topological polar surface area (TPSA) is 805 Å². The molecule has 0 bridgehead atoms. The first-order valence-electron chi connectivity index (χ1n) is 32.6. The molecular formula is C50H57Br5N25O31P5. The molecule has 5 aliphatic rings. The molecule has 0 saturated carbocycles. The van der Waals surface area contributed by atoms with Crippen LogP contribution >= 0.6 is 119 Å². The molecule has 10 aromatic heterocycles. The third-order valence-electron chi connectivity index (χ3n) is 18.2. The Balaban J connectivity index is 0.654. The van der Waals surface area contributed by atoms with Crippen LogP contribution in [0.5, 0.6) is 0 Å². The van der Waals surface area contributed by atoms with Crippen LogP contribution in [0.15, 0.2) is 55.3 Å². The van der Waals surface area contributed by atoms with E-state index in [4.69, 9.17) is 88.5 Å². The third kappa shape index (κ3) is 16.6. The summed E-state index contributed by atoms with van der Waals surface area (Å²) >= 11 is 16.2. The summed E-state index contributed by atoms with van der Waals surface area (Å²) in [6, 6.07) is 0. The number of ether oxygens (including phenoxy) is 5. The average molecular weight is 2060 g/mol. The first kappa shape index (κ1) is 85.2. The van der Waals surface area contributed by atoms with Gasteiger partial charge in [-0.15, -0.1) is 0 Å². The fraction of sp³-hybridized carbons (Fsp3) is 0.500. The smallest absolute Gasteiger partial charge is 0.387 e. The van der Waals surface area contributed by atoms with E-state index in [2.05, 4.69) is 159 Å². The molecule has 116 heavy (non-hydrogen) atoms. The van der Waals surface area contributed by atoms with Crippen LogP contribution in [-0.4, -0.2) is 282 Å². The zero-order valence-electron chi connectivity index (χ0n) is 57.0.